The number of carbonyl (C=O) groups is 1. The molecule has 0 aliphatic heterocycles. The minimum atomic E-state index is -0.135. The number of thiazole rings is 1. The smallest absolute Gasteiger partial charge is 0.263 e. The molecule has 164 valence electrons. The molecule has 8 heteroatoms. The number of carbonyl (C=O) groups excluding carboxylic acids is 1. The first kappa shape index (κ1) is 21.6. The van der Waals surface area contributed by atoms with Gasteiger partial charge in [0.25, 0.3) is 5.91 Å². The fraction of sp³-hybridized carbons (Fsp3) is 0.208. The van der Waals surface area contributed by atoms with Crippen LogP contribution in [0, 0.1) is 6.92 Å². The Kier molecular flexibility index (Phi) is 6.51. The van der Waals surface area contributed by atoms with Gasteiger partial charge < -0.3 is 14.8 Å². The van der Waals surface area contributed by atoms with Crippen LogP contribution in [0.15, 0.2) is 60.9 Å². The molecule has 0 spiro atoms. The summed E-state index contributed by atoms with van der Waals surface area (Å²) in [5.41, 5.74) is 3.74. The van der Waals surface area contributed by atoms with Crippen molar-refractivity contribution in [2.75, 3.05) is 14.2 Å². The number of aryl methyl sites for hydroxylation is 1. The number of nitrogens with zero attached hydrogens (tertiary/aromatic N) is 3. The van der Waals surface area contributed by atoms with Crippen LogP contribution in [0.4, 0.5) is 0 Å². The molecule has 2 aromatic heterocycles. The van der Waals surface area contributed by atoms with Gasteiger partial charge in [-0.1, -0.05) is 24.3 Å². The van der Waals surface area contributed by atoms with Gasteiger partial charge in [-0.15, -0.1) is 11.3 Å². The van der Waals surface area contributed by atoms with Gasteiger partial charge in [-0.2, -0.15) is 5.10 Å². The Labute approximate surface area is 190 Å². The van der Waals surface area contributed by atoms with Gasteiger partial charge >= 0.3 is 0 Å². The fourth-order valence-corrected chi connectivity index (χ4v) is 4.36. The second kappa shape index (κ2) is 9.65. The highest BCUT2D eigenvalue weighted by Gasteiger charge is 2.17. The number of nitrogens with one attached hydrogen (secondary N) is 1. The van der Waals surface area contributed by atoms with Crippen LogP contribution in [0.25, 0.3) is 10.6 Å². The SMILES string of the molecule is COc1ccc(-c2nc(C)c(C(=O)NCc3cccc(Cn4cccn4)c3)s2)cc1OC. The summed E-state index contributed by atoms with van der Waals surface area (Å²) in [5.74, 6) is 1.14. The van der Waals surface area contributed by atoms with Crippen molar-refractivity contribution in [2.45, 2.75) is 20.0 Å². The Morgan fingerprint density at radius 1 is 1.06 bits per heavy atom. The lowest BCUT2D eigenvalue weighted by atomic mass is 10.1. The van der Waals surface area contributed by atoms with Crippen molar-refractivity contribution >= 4 is 17.2 Å². The summed E-state index contributed by atoms with van der Waals surface area (Å²) in [5, 5.41) is 8.01. The molecule has 4 aromatic rings. The summed E-state index contributed by atoms with van der Waals surface area (Å²) in [6.45, 7) is 2.98. The molecule has 0 bridgehead atoms. The third-order valence-electron chi connectivity index (χ3n) is 4.98. The van der Waals surface area contributed by atoms with Crippen molar-refractivity contribution in [1.29, 1.82) is 0 Å². The highest BCUT2D eigenvalue weighted by molar-refractivity contribution is 7.17. The van der Waals surface area contributed by atoms with Gasteiger partial charge in [0, 0.05) is 24.5 Å². The molecule has 0 unspecified atom stereocenters. The number of amides is 1. The van der Waals surface area contributed by atoms with Crippen LogP contribution in [0.5, 0.6) is 11.5 Å². The predicted octanol–water partition coefficient (Wildman–Crippen LogP) is 4.31. The monoisotopic (exact) mass is 448 g/mol. The van der Waals surface area contributed by atoms with E-state index in [4.69, 9.17) is 9.47 Å². The van der Waals surface area contributed by atoms with Gasteiger partial charge in [-0.05, 0) is 42.3 Å². The molecule has 0 aliphatic carbocycles. The summed E-state index contributed by atoms with van der Waals surface area (Å²) < 4.78 is 12.5. The van der Waals surface area contributed by atoms with Crippen molar-refractivity contribution in [3.05, 3.63) is 82.6 Å². The van der Waals surface area contributed by atoms with Gasteiger partial charge in [0.15, 0.2) is 11.5 Å². The number of methoxy groups -OCH3 is 2. The first-order valence-corrected chi connectivity index (χ1v) is 10.9. The van der Waals surface area contributed by atoms with E-state index in [1.54, 1.807) is 20.4 Å². The van der Waals surface area contributed by atoms with Crippen LogP contribution in [-0.2, 0) is 13.1 Å². The van der Waals surface area contributed by atoms with Crippen molar-refractivity contribution in [2.24, 2.45) is 0 Å². The molecule has 0 saturated carbocycles. The van der Waals surface area contributed by atoms with Crippen LogP contribution in [0.1, 0.15) is 26.5 Å². The zero-order chi connectivity index (χ0) is 22.5. The number of benzene rings is 2. The van der Waals surface area contributed by atoms with E-state index in [-0.39, 0.29) is 5.91 Å². The van der Waals surface area contributed by atoms with Crippen LogP contribution >= 0.6 is 11.3 Å². The molecule has 4 rings (SSSR count). The quantitative estimate of drug-likeness (QED) is 0.435. The summed E-state index contributed by atoms with van der Waals surface area (Å²) in [7, 11) is 3.19. The standard InChI is InChI=1S/C24H24N4O3S/c1-16-22(32-24(27-16)19-8-9-20(30-2)21(13-19)31-3)23(29)25-14-17-6-4-7-18(12-17)15-28-11-5-10-26-28/h4-13H,14-15H2,1-3H3,(H,25,29). The number of ether oxygens (including phenoxy) is 2. The molecule has 0 aliphatic rings. The largest absolute Gasteiger partial charge is 0.493 e. The Morgan fingerprint density at radius 2 is 1.88 bits per heavy atom. The second-order valence-electron chi connectivity index (χ2n) is 7.21. The second-order valence-corrected chi connectivity index (χ2v) is 8.21. The van der Waals surface area contributed by atoms with E-state index in [9.17, 15) is 4.79 Å². The number of rotatable bonds is 8. The van der Waals surface area contributed by atoms with E-state index in [0.717, 1.165) is 21.7 Å². The molecule has 7 nitrogen and oxygen atoms in total. The highest BCUT2D eigenvalue weighted by Crippen LogP contribution is 2.35. The van der Waals surface area contributed by atoms with Gasteiger partial charge in [0.2, 0.25) is 0 Å². The zero-order valence-electron chi connectivity index (χ0n) is 18.2. The zero-order valence-corrected chi connectivity index (χ0v) is 19.0. The topological polar surface area (TPSA) is 78.3 Å². The van der Waals surface area contributed by atoms with Gasteiger partial charge in [0.1, 0.15) is 9.88 Å². The minimum absolute atomic E-state index is 0.135. The predicted molar refractivity (Wildman–Crippen MR) is 124 cm³/mol. The molecule has 0 atom stereocenters. The van der Waals surface area contributed by atoms with E-state index in [1.165, 1.54) is 11.3 Å². The van der Waals surface area contributed by atoms with E-state index in [0.29, 0.717) is 35.2 Å². The number of hydrogen-bond donors (Lipinski definition) is 1. The third-order valence-corrected chi connectivity index (χ3v) is 6.19. The van der Waals surface area contributed by atoms with Crippen LogP contribution < -0.4 is 14.8 Å². The Hall–Kier alpha value is -3.65. The van der Waals surface area contributed by atoms with Gasteiger partial charge in [-0.3, -0.25) is 9.48 Å². The summed E-state index contributed by atoms with van der Waals surface area (Å²) >= 11 is 1.36. The lowest BCUT2D eigenvalue weighted by molar-refractivity contribution is 0.0954. The number of hydrogen-bond acceptors (Lipinski definition) is 6. The van der Waals surface area contributed by atoms with Crippen molar-refractivity contribution in [3.63, 3.8) is 0 Å². The molecule has 1 N–H and O–H groups in total. The Morgan fingerprint density at radius 3 is 2.62 bits per heavy atom. The molecular formula is C24H24N4O3S. The van der Waals surface area contributed by atoms with Gasteiger partial charge in [-0.25, -0.2) is 4.98 Å². The van der Waals surface area contributed by atoms with Crippen LogP contribution in [-0.4, -0.2) is 34.9 Å². The summed E-state index contributed by atoms with van der Waals surface area (Å²) in [6, 6.07) is 15.6. The molecule has 0 radical (unpaired) electrons. The van der Waals surface area contributed by atoms with Crippen molar-refractivity contribution in [1.82, 2.24) is 20.1 Å². The van der Waals surface area contributed by atoms with E-state index >= 15 is 0 Å². The van der Waals surface area contributed by atoms with Crippen molar-refractivity contribution < 1.29 is 14.3 Å². The first-order valence-electron chi connectivity index (χ1n) is 10.1. The lowest BCUT2D eigenvalue weighted by Gasteiger charge is -2.08. The molecule has 32 heavy (non-hydrogen) atoms. The van der Waals surface area contributed by atoms with E-state index in [2.05, 4.69) is 27.5 Å². The molecule has 2 aromatic carbocycles. The molecule has 0 saturated heterocycles. The average Bonchev–Trinajstić information content (AvgIpc) is 3.47. The number of aromatic nitrogens is 3. The maximum atomic E-state index is 12.8. The molecule has 1 amide bonds. The molecule has 2 heterocycles. The van der Waals surface area contributed by atoms with E-state index in [1.807, 2.05) is 54.2 Å². The maximum Gasteiger partial charge on any atom is 0.263 e. The first-order chi connectivity index (χ1) is 15.6. The van der Waals surface area contributed by atoms with Crippen LogP contribution in [0.2, 0.25) is 0 Å². The maximum absolute atomic E-state index is 12.8. The lowest BCUT2D eigenvalue weighted by Crippen LogP contribution is -2.22. The molecule has 0 fully saturated rings. The van der Waals surface area contributed by atoms with Gasteiger partial charge in [0.05, 0.1) is 26.5 Å². The Balaban J connectivity index is 1.45. The average molecular weight is 449 g/mol. The molecular weight excluding hydrogens is 424 g/mol. The van der Waals surface area contributed by atoms with Crippen LogP contribution in [0.3, 0.4) is 0 Å². The normalized spacial score (nSPS) is 10.7. The van der Waals surface area contributed by atoms with E-state index < -0.39 is 0 Å². The highest BCUT2D eigenvalue weighted by atomic mass is 32.1. The Bertz CT molecular complexity index is 1220. The van der Waals surface area contributed by atoms with Crippen molar-refractivity contribution in [3.8, 4) is 22.1 Å². The summed E-state index contributed by atoms with van der Waals surface area (Å²) in [4.78, 5) is 18.0. The fourth-order valence-electron chi connectivity index (χ4n) is 3.38. The third kappa shape index (κ3) is 4.81. The minimum Gasteiger partial charge on any atom is -0.493 e. The summed E-state index contributed by atoms with van der Waals surface area (Å²) in [6.07, 6.45) is 3.69.